The first-order valence-electron chi connectivity index (χ1n) is 0. The normalized spacial score (nSPS) is 0. The van der Waals surface area contributed by atoms with E-state index in [0.717, 1.165) is 0 Å². The van der Waals surface area contributed by atoms with Crippen LogP contribution in [0.2, 0.25) is 0 Å². The first-order chi connectivity index (χ1) is 0. The topological polar surface area (TPSA) is 0 Å². The zero-order chi connectivity index (χ0) is 0. The van der Waals surface area contributed by atoms with E-state index in [-0.39, 0.29) is 123 Å². The maximum Gasteiger partial charge on any atom is 2.00 e. The second-order valence-electron chi connectivity index (χ2n) is 0. The predicted octanol–water partition coefficient (Wildman–Crippen LogP) is -12.5. The average Bonchev–Trinajstić information content (AvgIpc) is 0. The molecule has 0 rings (SSSR count). The molecule has 0 N–H and O–H groups in total. The first-order valence-corrected chi connectivity index (χ1v) is 0. The van der Waals surface area contributed by atoms with Crippen LogP contribution >= 0.6 is 0 Å². The molecule has 0 fully saturated rings. The van der Waals surface area contributed by atoms with Crippen molar-refractivity contribution in [2.75, 3.05) is 0 Å². The molecule has 0 aliphatic rings. The van der Waals surface area contributed by atoms with Crippen LogP contribution in [0.4, 0.5) is 0 Å². The van der Waals surface area contributed by atoms with Crippen LogP contribution in [0.1, 0.15) is 0 Å². The van der Waals surface area contributed by atoms with E-state index in [1.54, 1.807) is 0 Å². The maximum absolute atomic E-state index is 0. The molecule has 0 aliphatic heterocycles. The van der Waals surface area contributed by atoms with Crippen molar-refractivity contribution < 1.29 is 123 Å². The summed E-state index contributed by atoms with van der Waals surface area (Å²) >= 11 is 0. The van der Waals surface area contributed by atoms with Crippen LogP contribution in [-0.2, 0) is 27.3 Å². The SMILES string of the molecule is [Cd+2].[I-].[I-].[I-].[IH2+]. The smallest absolute Gasteiger partial charge is 1.00 e. The molecule has 32 valence electrons. The van der Waals surface area contributed by atoms with Crippen molar-refractivity contribution in [1.29, 1.82) is 0 Å². The monoisotopic (exact) mass is 624 g/mol. The van der Waals surface area contributed by atoms with Crippen molar-refractivity contribution in [3.63, 3.8) is 0 Å². The number of hydrogen-bond donors (Lipinski definition) is 0. The molecular formula is H2CdI4. The Morgan fingerprint density at radius 2 is 0.600 bits per heavy atom. The van der Waals surface area contributed by atoms with Crippen molar-refractivity contribution in [3.05, 3.63) is 0 Å². The van der Waals surface area contributed by atoms with Crippen LogP contribution in [0.15, 0.2) is 0 Å². The third kappa shape index (κ3) is 18.1. The van der Waals surface area contributed by atoms with Gasteiger partial charge in [0.1, 0.15) is 0 Å². The van der Waals surface area contributed by atoms with Crippen molar-refractivity contribution in [2.24, 2.45) is 0 Å². The summed E-state index contributed by atoms with van der Waals surface area (Å²) in [6.45, 7) is 0. The van der Waals surface area contributed by atoms with Gasteiger partial charge in [0.2, 0.25) is 24.0 Å². The number of rotatable bonds is 0. The number of hydrogen-bond acceptors (Lipinski definition) is 0. The minimum atomic E-state index is 0. The molecule has 0 aromatic heterocycles. The van der Waals surface area contributed by atoms with Crippen LogP contribution in [0, 0.1) is 0 Å². The predicted molar refractivity (Wildman–Crippen MR) is 2.79 cm³/mol. The van der Waals surface area contributed by atoms with Crippen LogP contribution in [-0.4, -0.2) is 0 Å². The third-order valence-electron chi connectivity index (χ3n) is 0. The third-order valence-corrected chi connectivity index (χ3v) is 0. The van der Waals surface area contributed by atoms with E-state index >= 15 is 0 Å². The van der Waals surface area contributed by atoms with Gasteiger partial charge in [-0.05, 0) is 0 Å². The van der Waals surface area contributed by atoms with E-state index in [1.165, 1.54) is 0 Å². The molecular weight excluding hydrogens is 620 g/mol. The van der Waals surface area contributed by atoms with Gasteiger partial charge in [-0.15, -0.1) is 0 Å². The van der Waals surface area contributed by atoms with Crippen molar-refractivity contribution in [3.8, 4) is 0 Å². The Hall–Kier alpha value is 3.84. The van der Waals surface area contributed by atoms with Gasteiger partial charge in [-0.2, -0.15) is 0 Å². The van der Waals surface area contributed by atoms with Gasteiger partial charge in [-0.25, -0.2) is 0 Å². The molecule has 0 spiro atoms. The van der Waals surface area contributed by atoms with E-state index in [9.17, 15) is 0 Å². The Balaban J connectivity index is 0. The molecule has 0 aliphatic carbocycles. The summed E-state index contributed by atoms with van der Waals surface area (Å²) in [5.41, 5.74) is 0. The van der Waals surface area contributed by atoms with E-state index in [0.29, 0.717) is 0 Å². The molecule has 0 amide bonds. The minimum absolute atomic E-state index is 0. The molecule has 0 aromatic carbocycles. The second kappa shape index (κ2) is 24.9. The second-order valence-corrected chi connectivity index (χ2v) is 0. The fourth-order valence-electron chi connectivity index (χ4n) is 0. The molecule has 0 atom stereocenters. The molecule has 0 nitrogen and oxygen atoms in total. The molecule has 0 unspecified atom stereocenters. The Morgan fingerprint density at radius 1 is 0.600 bits per heavy atom. The van der Waals surface area contributed by atoms with Crippen molar-refractivity contribution in [2.45, 2.75) is 0 Å². The van der Waals surface area contributed by atoms with Crippen LogP contribution in [0.25, 0.3) is 0 Å². The zero-order valence-corrected chi connectivity index (χ0v) is 15.3. The van der Waals surface area contributed by atoms with Gasteiger partial charge in [-0.1, -0.05) is 0 Å². The van der Waals surface area contributed by atoms with E-state index in [2.05, 4.69) is 0 Å². The largest absolute Gasteiger partial charge is 2.00 e. The first kappa shape index (κ1) is 36.8. The minimum Gasteiger partial charge on any atom is -1.00 e. The Kier molecular flexibility index (Phi) is 183. The van der Waals surface area contributed by atoms with Gasteiger partial charge in [-0.3, -0.25) is 0 Å². The Morgan fingerprint density at radius 3 is 0.600 bits per heavy atom. The van der Waals surface area contributed by atoms with Crippen molar-refractivity contribution >= 4 is 0 Å². The summed E-state index contributed by atoms with van der Waals surface area (Å²) in [5, 5.41) is 0. The summed E-state index contributed by atoms with van der Waals surface area (Å²) in [4.78, 5) is 0. The van der Waals surface area contributed by atoms with Crippen molar-refractivity contribution in [1.82, 2.24) is 0 Å². The summed E-state index contributed by atoms with van der Waals surface area (Å²) in [6, 6.07) is 0. The molecule has 5 heavy (non-hydrogen) atoms. The Bertz CT molecular complexity index is 3.61. The van der Waals surface area contributed by atoms with E-state index < -0.39 is 0 Å². The van der Waals surface area contributed by atoms with Gasteiger partial charge < -0.3 is 71.9 Å². The standard InChI is InChI=1S/Cd.H2I.3HI/h;1H2;3*1H/q+2;+1;;;/p-3. The molecule has 0 heterocycles. The maximum atomic E-state index is 0. The van der Waals surface area contributed by atoms with Gasteiger partial charge >= 0.3 is 27.3 Å². The molecule has 0 radical (unpaired) electrons. The van der Waals surface area contributed by atoms with Gasteiger partial charge in [0.25, 0.3) is 0 Å². The molecule has 5 heteroatoms. The molecule has 0 saturated heterocycles. The van der Waals surface area contributed by atoms with Gasteiger partial charge in [0.15, 0.2) is 0 Å². The van der Waals surface area contributed by atoms with Gasteiger partial charge in [0.05, 0.1) is 0 Å². The fraction of sp³-hybridized carbons (Fsp3) is 0. The quantitative estimate of drug-likeness (QED) is 0.186. The Labute approximate surface area is 120 Å². The van der Waals surface area contributed by atoms with E-state index in [1.807, 2.05) is 0 Å². The number of halogens is 4. The molecule has 0 bridgehead atoms. The van der Waals surface area contributed by atoms with Crippen LogP contribution in [0.5, 0.6) is 0 Å². The zero-order valence-electron chi connectivity index (χ0n) is 2.29. The average molecular weight is 622 g/mol. The molecule has 0 aromatic rings. The summed E-state index contributed by atoms with van der Waals surface area (Å²) in [7, 11) is 0. The molecule has 0 saturated carbocycles. The van der Waals surface area contributed by atoms with Gasteiger partial charge in [0, 0.05) is 0 Å². The van der Waals surface area contributed by atoms with E-state index in [4.69, 9.17) is 0 Å². The summed E-state index contributed by atoms with van der Waals surface area (Å²) < 4.78 is 0. The van der Waals surface area contributed by atoms with Crippen LogP contribution < -0.4 is 95.9 Å². The van der Waals surface area contributed by atoms with Crippen LogP contribution in [0.3, 0.4) is 0 Å². The summed E-state index contributed by atoms with van der Waals surface area (Å²) in [6.07, 6.45) is 0. The summed E-state index contributed by atoms with van der Waals surface area (Å²) in [5.74, 6) is 0. The fourth-order valence-corrected chi connectivity index (χ4v) is 0.